The van der Waals surface area contributed by atoms with Gasteiger partial charge in [-0.25, -0.2) is 4.21 Å². The molecule has 0 aliphatic rings. The fraction of sp³-hybridized carbons (Fsp3) is 0.538. The van der Waals surface area contributed by atoms with E-state index in [9.17, 15) is 4.21 Å². The lowest BCUT2D eigenvalue weighted by molar-refractivity contribution is 0.539. The zero-order valence-electron chi connectivity index (χ0n) is 10.8. The molecule has 0 spiro atoms. The van der Waals surface area contributed by atoms with E-state index in [1.807, 2.05) is 32.9 Å². The quantitative estimate of drug-likeness (QED) is 0.896. The van der Waals surface area contributed by atoms with Crippen LogP contribution in [0.25, 0.3) is 0 Å². The third kappa shape index (κ3) is 3.54. The second-order valence-electron chi connectivity index (χ2n) is 5.12. The van der Waals surface area contributed by atoms with Crippen LogP contribution in [0, 0.1) is 6.92 Å². The van der Waals surface area contributed by atoms with Gasteiger partial charge in [-0.2, -0.15) is 0 Å². The smallest absolute Gasteiger partial charge is 0.0945 e. The van der Waals surface area contributed by atoms with E-state index in [1.165, 1.54) is 5.56 Å². The molecular formula is C13H20ClNOS. The van der Waals surface area contributed by atoms with Gasteiger partial charge in [0.25, 0.3) is 0 Å². The second-order valence-corrected chi connectivity index (χ2v) is 7.22. The molecule has 0 radical (unpaired) electrons. The molecule has 0 aliphatic heterocycles. The molecule has 0 heterocycles. The highest BCUT2D eigenvalue weighted by molar-refractivity contribution is 7.84. The van der Waals surface area contributed by atoms with Crippen LogP contribution in [0.1, 0.15) is 44.2 Å². The van der Waals surface area contributed by atoms with Crippen molar-refractivity contribution in [1.29, 1.82) is 0 Å². The van der Waals surface area contributed by atoms with Gasteiger partial charge in [0.05, 0.1) is 15.7 Å². The molecule has 2 atom stereocenters. The second kappa shape index (κ2) is 5.51. The Hall–Kier alpha value is -0.380. The van der Waals surface area contributed by atoms with E-state index >= 15 is 0 Å². The van der Waals surface area contributed by atoms with Gasteiger partial charge in [0.2, 0.25) is 0 Å². The number of hydrogen-bond acceptors (Lipinski definition) is 1. The molecule has 4 heteroatoms. The van der Waals surface area contributed by atoms with E-state index in [4.69, 9.17) is 16.7 Å². The SMILES string of the molecule is Cc1c(Cl)cccc1[C@H](C)CC(C)(C)S(N)=O. The van der Waals surface area contributed by atoms with Gasteiger partial charge in [0, 0.05) is 5.02 Å². The van der Waals surface area contributed by atoms with Crippen LogP contribution in [-0.2, 0) is 11.0 Å². The number of halogens is 1. The molecule has 0 saturated heterocycles. The van der Waals surface area contributed by atoms with Crippen LogP contribution < -0.4 is 5.14 Å². The summed E-state index contributed by atoms with van der Waals surface area (Å²) in [7, 11) is -1.32. The van der Waals surface area contributed by atoms with Crippen molar-refractivity contribution in [2.24, 2.45) is 5.14 Å². The Kier molecular flexibility index (Phi) is 4.76. The predicted molar refractivity (Wildman–Crippen MR) is 75.6 cm³/mol. The average Bonchev–Trinajstić information content (AvgIpc) is 2.21. The Morgan fingerprint density at radius 1 is 1.47 bits per heavy atom. The molecule has 1 aromatic rings. The zero-order chi connectivity index (χ0) is 13.2. The molecule has 1 unspecified atom stereocenters. The number of nitrogens with two attached hydrogens (primary N) is 1. The van der Waals surface area contributed by atoms with E-state index in [2.05, 4.69) is 13.0 Å². The molecule has 2 N–H and O–H groups in total. The largest absolute Gasteiger partial charge is 0.251 e. The van der Waals surface area contributed by atoms with Crippen LogP contribution in [0.4, 0.5) is 0 Å². The van der Waals surface area contributed by atoms with Crippen LogP contribution in [0.3, 0.4) is 0 Å². The van der Waals surface area contributed by atoms with Crippen molar-refractivity contribution in [2.75, 3.05) is 0 Å². The summed E-state index contributed by atoms with van der Waals surface area (Å²) in [6, 6.07) is 5.91. The number of hydrogen-bond donors (Lipinski definition) is 1. The molecule has 0 bridgehead atoms. The van der Waals surface area contributed by atoms with Gasteiger partial charge in [-0.15, -0.1) is 0 Å². The van der Waals surface area contributed by atoms with Crippen LogP contribution in [-0.4, -0.2) is 8.96 Å². The van der Waals surface area contributed by atoms with E-state index in [0.29, 0.717) is 0 Å². The van der Waals surface area contributed by atoms with Crippen LogP contribution in [0.2, 0.25) is 5.02 Å². The van der Waals surface area contributed by atoms with Crippen molar-refractivity contribution in [2.45, 2.75) is 44.8 Å². The van der Waals surface area contributed by atoms with Gasteiger partial charge >= 0.3 is 0 Å². The molecule has 2 nitrogen and oxygen atoms in total. The Bertz CT molecular complexity index is 431. The molecule has 0 amide bonds. The van der Waals surface area contributed by atoms with Gasteiger partial charge in [0.15, 0.2) is 0 Å². The zero-order valence-corrected chi connectivity index (χ0v) is 12.4. The molecule has 0 saturated carbocycles. The molecule has 96 valence electrons. The third-order valence-corrected chi connectivity index (χ3v) is 4.85. The maximum atomic E-state index is 11.4. The minimum Gasteiger partial charge on any atom is -0.251 e. The van der Waals surface area contributed by atoms with Crippen molar-refractivity contribution in [3.63, 3.8) is 0 Å². The topological polar surface area (TPSA) is 43.1 Å². The lowest BCUT2D eigenvalue weighted by atomic mass is 9.89. The van der Waals surface area contributed by atoms with Gasteiger partial charge in [-0.3, -0.25) is 5.14 Å². The lowest BCUT2D eigenvalue weighted by Crippen LogP contribution is -2.33. The summed E-state index contributed by atoms with van der Waals surface area (Å²) in [6.45, 7) is 7.99. The first-order valence-electron chi connectivity index (χ1n) is 5.67. The molecular weight excluding hydrogens is 254 g/mol. The Morgan fingerprint density at radius 3 is 2.59 bits per heavy atom. The first kappa shape index (κ1) is 14.7. The van der Waals surface area contributed by atoms with E-state index in [0.717, 1.165) is 17.0 Å². The summed E-state index contributed by atoms with van der Waals surface area (Å²) in [4.78, 5) is 0. The molecule has 0 aliphatic carbocycles. The summed E-state index contributed by atoms with van der Waals surface area (Å²) in [5, 5.41) is 6.29. The molecule has 1 rings (SSSR count). The van der Waals surface area contributed by atoms with Gasteiger partial charge in [-0.05, 0) is 50.3 Å². The first-order valence-corrected chi connectivity index (χ1v) is 7.26. The standard InChI is InChI=1S/C13H20ClNOS/c1-9(8-13(3,4)17(15)16)11-6-5-7-12(14)10(11)2/h5-7,9H,8,15H2,1-4H3/t9-,17?/m1/s1. The predicted octanol–water partition coefficient (Wildman–Crippen LogP) is 3.54. The van der Waals surface area contributed by atoms with Crippen molar-refractivity contribution in [3.8, 4) is 0 Å². The Morgan fingerprint density at radius 2 is 2.06 bits per heavy atom. The van der Waals surface area contributed by atoms with Crippen molar-refractivity contribution >= 4 is 22.6 Å². The summed E-state index contributed by atoms with van der Waals surface area (Å²) in [6.07, 6.45) is 0.775. The average molecular weight is 274 g/mol. The highest BCUT2D eigenvalue weighted by Crippen LogP contribution is 2.32. The highest BCUT2D eigenvalue weighted by atomic mass is 35.5. The molecule has 0 fully saturated rings. The van der Waals surface area contributed by atoms with Crippen molar-refractivity contribution < 1.29 is 4.21 Å². The highest BCUT2D eigenvalue weighted by Gasteiger charge is 2.27. The normalized spacial score (nSPS) is 15.6. The van der Waals surface area contributed by atoms with Crippen molar-refractivity contribution in [3.05, 3.63) is 34.3 Å². The fourth-order valence-corrected chi connectivity index (χ4v) is 2.68. The first-order chi connectivity index (χ1) is 7.75. The van der Waals surface area contributed by atoms with Crippen molar-refractivity contribution in [1.82, 2.24) is 0 Å². The Labute approximate surface area is 111 Å². The maximum absolute atomic E-state index is 11.4. The molecule has 17 heavy (non-hydrogen) atoms. The van der Waals surface area contributed by atoms with Gasteiger partial charge in [0.1, 0.15) is 0 Å². The summed E-state index contributed by atoms with van der Waals surface area (Å²) in [5.41, 5.74) is 2.30. The fourth-order valence-electron chi connectivity index (χ4n) is 2.09. The molecule has 1 aromatic carbocycles. The van der Waals surface area contributed by atoms with Crippen LogP contribution >= 0.6 is 11.6 Å². The summed E-state index contributed by atoms with van der Waals surface area (Å²) in [5.74, 6) is 0.288. The minimum absolute atomic E-state index is 0.288. The van der Waals surface area contributed by atoms with E-state index in [-0.39, 0.29) is 10.7 Å². The summed E-state index contributed by atoms with van der Waals surface area (Å²) < 4.78 is 11.1. The maximum Gasteiger partial charge on any atom is 0.0945 e. The Balaban J connectivity index is 2.94. The van der Waals surface area contributed by atoms with Crippen LogP contribution in [0.15, 0.2) is 18.2 Å². The van der Waals surface area contributed by atoms with Crippen LogP contribution in [0.5, 0.6) is 0 Å². The van der Waals surface area contributed by atoms with Gasteiger partial charge < -0.3 is 0 Å². The lowest BCUT2D eigenvalue weighted by Gasteiger charge is -2.26. The number of benzene rings is 1. The van der Waals surface area contributed by atoms with E-state index < -0.39 is 11.0 Å². The summed E-state index contributed by atoms with van der Waals surface area (Å²) >= 11 is 6.11. The van der Waals surface area contributed by atoms with E-state index in [1.54, 1.807) is 0 Å². The molecule has 0 aromatic heterocycles. The third-order valence-electron chi connectivity index (χ3n) is 3.18. The minimum atomic E-state index is -1.32. The number of rotatable bonds is 4. The monoisotopic (exact) mass is 273 g/mol. The van der Waals surface area contributed by atoms with Gasteiger partial charge in [-0.1, -0.05) is 30.7 Å².